The maximum absolute atomic E-state index is 12.2. The second kappa shape index (κ2) is 6.52. The Morgan fingerprint density at radius 3 is 2.26 bits per heavy atom. The van der Waals surface area contributed by atoms with Crippen LogP contribution in [0.2, 0.25) is 0 Å². The highest BCUT2D eigenvalue weighted by Crippen LogP contribution is 2.32. The van der Waals surface area contributed by atoms with Gasteiger partial charge in [-0.05, 0) is 36.8 Å². The Morgan fingerprint density at radius 1 is 1.04 bits per heavy atom. The predicted octanol–water partition coefficient (Wildman–Crippen LogP) is 2.60. The van der Waals surface area contributed by atoms with Crippen molar-refractivity contribution in [1.82, 2.24) is 9.80 Å². The van der Waals surface area contributed by atoms with Crippen LogP contribution in [0.3, 0.4) is 0 Å². The molecule has 1 aromatic heterocycles. The molecule has 0 N–H and O–H groups in total. The summed E-state index contributed by atoms with van der Waals surface area (Å²) >= 11 is 0. The molecule has 1 aromatic carbocycles. The van der Waals surface area contributed by atoms with Crippen LogP contribution in [0, 0.1) is 17.0 Å². The highest BCUT2D eigenvalue weighted by atomic mass is 16.6. The number of nitro benzene ring substituents is 1. The summed E-state index contributed by atoms with van der Waals surface area (Å²) in [6, 6.07) is 6.99. The smallest absolute Gasteiger partial charge is 0.333 e. The number of hydrogen-bond donors (Lipinski definition) is 0. The summed E-state index contributed by atoms with van der Waals surface area (Å²) in [4.78, 5) is 48.6. The van der Waals surface area contributed by atoms with Crippen LogP contribution in [0.4, 0.5) is 10.5 Å². The van der Waals surface area contributed by atoms with Crippen molar-refractivity contribution in [3.05, 3.63) is 57.3 Å². The van der Waals surface area contributed by atoms with Crippen molar-refractivity contribution in [2.75, 3.05) is 14.1 Å². The van der Waals surface area contributed by atoms with Gasteiger partial charge in [0, 0.05) is 20.2 Å². The van der Waals surface area contributed by atoms with Crippen LogP contribution in [0.5, 0.6) is 0 Å². The van der Waals surface area contributed by atoms with Crippen molar-refractivity contribution < 1.29 is 23.7 Å². The number of rotatable bonds is 3. The second-order valence-corrected chi connectivity index (χ2v) is 6.05. The lowest BCUT2D eigenvalue weighted by Crippen LogP contribution is -2.52. The number of urea groups is 1. The number of nitro groups is 1. The van der Waals surface area contributed by atoms with Crippen molar-refractivity contribution in [2.45, 2.75) is 6.92 Å². The lowest BCUT2D eigenvalue weighted by molar-refractivity contribution is -0.384. The molecule has 9 heteroatoms. The number of hydrogen-bond acceptors (Lipinski definition) is 6. The molecular weight excluding hydrogens is 354 g/mol. The average Bonchev–Trinajstić information content (AvgIpc) is 3.10. The molecule has 3 rings (SSSR count). The summed E-state index contributed by atoms with van der Waals surface area (Å²) in [5, 5.41) is 11.3. The van der Waals surface area contributed by atoms with E-state index in [0.29, 0.717) is 0 Å². The number of barbiturate groups is 1. The van der Waals surface area contributed by atoms with E-state index in [9.17, 15) is 24.5 Å². The van der Waals surface area contributed by atoms with E-state index in [0.717, 1.165) is 15.4 Å². The summed E-state index contributed by atoms with van der Waals surface area (Å²) in [6.07, 6.45) is 1.22. The molecule has 1 fully saturated rings. The molecule has 0 bridgehead atoms. The molecule has 0 spiro atoms. The summed E-state index contributed by atoms with van der Waals surface area (Å²) in [7, 11) is 2.54. The monoisotopic (exact) mass is 369 g/mol. The lowest BCUT2D eigenvalue weighted by atomic mass is 10.1. The van der Waals surface area contributed by atoms with Crippen LogP contribution >= 0.6 is 0 Å². The van der Waals surface area contributed by atoms with E-state index in [1.54, 1.807) is 19.1 Å². The fraction of sp³-hybridized carbons (Fsp3) is 0.167. The highest BCUT2D eigenvalue weighted by molar-refractivity contribution is 6.30. The van der Waals surface area contributed by atoms with Crippen LogP contribution in [0.25, 0.3) is 17.4 Å². The third-order valence-electron chi connectivity index (χ3n) is 4.17. The molecule has 1 aliphatic heterocycles. The number of likely N-dealkylation sites (N-methyl/N-ethyl adjacent to an activating group) is 2. The van der Waals surface area contributed by atoms with Crippen LogP contribution in [0.15, 0.2) is 40.3 Å². The third-order valence-corrected chi connectivity index (χ3v) is 4.17. The predicted molar refractivity (Wildman–Crippen MR) is 94.4 cm³/mol. The minimum Gasteiger partial charge on any atom is -0.456 e. The number of carbonyl (C=O) groups is 3. The molecule has 0 radical (unpaired) electrons. The molecule has 27 heavy (non-hydrogen) atoms. The maximum Gasteiger partial charge on any atom is 0.333 e. The van der Waals surface area contributed by atoms with Gasteiger partial charge in [0.25, 0.3) is 17.5 Å². The van der Waals surface area contributed by atoms with Gasteiger partial charge in [0.2, 0.25) is 0 Å². The molecule has 0 atom stereocenters. The zero-order chi connectivity index (χ0) is 19.9. The fourth-order valence-electron chi connectivity index (χ4n) is 2.69. The highest BCUT2D eigenvalue weighted by Gasteiger charge is 2.38. The van der Waals surface area contributed by atoms with Gasteiger partial charge in [0.15, 0.2) is 0 Å². The van der Waals surface area contributed by atoms with Gasteiger partial charge in [-0.15, -0.1) is 0 Å². The first-order valence-corrected chi connectivity index (χ1v) is 7.87. The Hall–Kier alpha value is -3.75. The van der Waals surface area contributed by atoms with Crippen molar-refractivity contribution in [2.24, 2.45) is 0 Å². The van der Waals surface area contributed by atoms with Gasteiger partial charge in [-0.2, -0.15) is 0 Å². The van der Waals surface area contributed by atoms with E-state index in [4.69, 9.17) is 4.42 Å². The Morgan fingerprint density at radius 2 is 1.67 bits per heavy atom. The molecular formula is C18H15N3O6. The first kappa shape index (κ1) is 18.1. The van der Waals surface area contributed by atoms with Crippen LogP contribution < -0.4 is 0 Å². The summed E-state index contributed by atoms with van der Waals surface area (Å²) in [6.45, 7) is 1.74. The average molecular weight is 369 g/mol. The molecule has 1 aliphatic rings. The van der Waals surface area contributed by atoms with Crippen LogP contribution in [-0.4, -0.2) is 46.7 Å². The fourth-order valence-corrected chi connectivity index (χ4v) is 2.69. The Balaban J connectivity index is 2.01. The van der Waals surface area contributed by atoms with Crippen molar-refractivity contribution in [1.29, 1.82) is 0 Å². The Bertz CT molecular complexity index is 994. The van der Waals surface area contributed by atoms with Gasteiger partial charge in [0.05, 0.1) is 10.5 Å². The number of carbonyl (C=O) groups excluding carboxylic acids is 3. The van der Waals surface area contributed by atoms with E-state index >= 15 is 0 Å². The second-order valence-electron chi connectivity index (χ2n) is 6.05. The zero-order valence-electron chi connectivity index (χ0n) is 14.8. The van der Waals surface area contributed by atoms with Crippen LogP contribution in [-0.2, 0) is 9.59 Å². The normalized spacial score (nSPS) is 14.8. The van der Waals surface area contributed by atoms with Gasteiger partial charge in [-0.1, -0.05) is 6.07 Å². The number of amides is 4. The van der Waals surface area contributed by atoms with Crippen molar-refractivity contribution in [3.8, 4) is 11.3 Å². The van der Waals surface area contributed by atoms with Crippen molar-refractivity contribution >= 4 is 29.6 Å². The topological polar surface area (TPSA) is 114 Å². The number of benzene rings is 1. The molecule has 0 unspecified atom stereocenters. The summed E-state index contributed by atoms with van der Waals surface area (Å²) in [5.74, 6) is -1.11. The van der Waals surface area contributed by atoms with Gasteiger partial charge >= 0.3 is 6.03 Å². The first-order valence-electron chi connectivity index (χ1n) is 7.87. The SMILES string of the molecule is Cc1ccc(-c2ccc(C=C3C(=O)N(C)C(=O)N(C)C3=O)o2)c([N+](=O)[O-])c1. The van der Waals surface area contributed by atoms with Gasteiger partial charge in [-0.3, -0.25) is 29.5 Å². The van der Waals surface area contributed by atoms with E-state index in [2.05, 4.69) is 0 Å². The minimum absolute atomic E-state index is 0.113. The molecule has 138 valence electrons. The lowest BCUT2D eigenvalue weighted by Gasteiger charge is -2.28. The third kappa shape index (κ3) is 3.10. The summed E-state index contributed by atoms with van der Waals surface area (Å²) in [5.41, 5.74) is 0.659. The van der Waals surface area contributed by atoms with Gasteiger partial charge in [0.1, 0.15) is 17.1 Å². The number of nitrogens with zero attached hydrogens (tertiary/aromatic N) is 3. The quantitative estimate of drug-likeness (QED) is 0.355. The molecule has 4 amide bonds. The minimum atomic E-state index is -0.748. The number of furan rings is 1. The van der Waals surface area contributed by atoms with E-state index in [1.165, 1.54) is 38.4 Å². The van der Waals surface area contributed by atoms with Crippen molar-refractivity contribution in [3.63, 3.8) is 0 Å². The van der Waals surface area contributed by atoms with E-state index in [1.807, 2.05) is 0 Å². The number of aryl methyl sites for hydroxylation is 1. The van der Waals surface area contributed by atoms with E-state index in [-0.39, 0.29) is 28.3 Å². The molecule has 2 heterocycles. The molecule has 0 aliphatic carbocycles. The molecule has 9 nitrogen and oxygen atoms in total. The molecule has 1 saturated heterocycles. The molecule has 0 saturated carbocycles. The molecule has 2 aromatic rings. The van der Waals surface area contributed by atoms with Gasteiger partial charge < -0.3 is 4.42 Å². The first-order chi connectivity index (χ1) is 12.7. The zero-order valence-corrected chi connectivity index (χ0v) is 14.8. The standard InChI is InChI=1S/C18H15N3O6/c1-10-4-6-12(14(8-10)21(25)26)15-7-5-11(27-15)9-13-16(22)19(2)18(24)20(3)17(13)23/h4-9H,1-3H3. The maximum atomic E-state index is 12.2. The largest absolute Gasteiger partial charge is 0.456 e. The van der Waals surface area contributed by atoms with Crippen LogP contribution in [0.1, 0.15) is 11.3 Å². The van der Waals surface area contributed by atoms with E-state index < -0.39 is 22.8 Å². The Kier molecular flexibility index (Phi) is 4.36. The number of imide groups is 2. The summed E-state index contributed by atoms with van der Waals surface area (Å²) < 4.78 is 5.59. The Labute approximate surface area is 153 Å². The van der Waals surface area contributed by atoms with Gasteiger partial charge in [-0.25, -0.2) is 4.79 Å².